The van der Waals surface area contributed by atoms with Crippen LogP contribution in [0.4, 0.5) is 11.4 Å². The first-order valence-electron chi connectivity index (χ1n) is 6.71. The van der Waals surface area contributed by atoms with E-state index in [2.05, 4.69) is 50.0 Å². The van der Waals surface area contributed by atoms with Crippen LogP contribution in [0.1, 0.15) is 25.0 Å². The van der Waals surface area contributed by atoms with Gasteiger partial charge in [-0.05, 0) is 51.0 Å². The fourth-order valence-electron chi connectivity index (χ4n) is 2.79. The Morgan fingerprint density at radius 2 is 1.72 bits per heavy atom. The predicted molar refractivity (Wildman–Crippen MR) is 77.7 cm³/mol. The van der Waals surface area contributed by atoms with Crippen molar-refractivity contribution < 1.29 is 4.74 Å². The van der Waals surface area contributed by atoms with Gasteiger partial charge in [0.2, 0.25) is 0 Å². The lowest BCUT2D eigenvalue weighted by Crippen LogP contribution is -2.45. The molecule has 3 heteroatoms. The van der Waals surface area contributed by atoms with E-state index in [1.54, 1.807) is 0 Å². The Bertz CT molecular complexity index is 421. The second-order valence-electron chi connectivity index (χ2n) is 5.29. The molecule has 1 unspecified atom stereocenters. The van der Waals surface area contributed by atoms with Crippen LogP contribution in [0.25, 0.3) is 0 Å². The Kier molecular flexibility index (Phi) is 3.81. The summed E-state index contributed by atoms with van der Waals surface area (Å²) in [6.45, 7) is 10.6. The maximum absolute atomic E-state index is 5.80. The van der Waals surface area contributed by atoms with Crippen LogP contribution in [0.2, 0.25) is 0 Å². The van der Waals surface area contributed by atoms with Gasteiger partial charge in [0.05, 0.1) is 12.2 Å². The van der Waals surface area contributed by atoms with E-state index >= 15 is 0 Å². The molecule has 0 bridgehead atoms. The molecule has 0 aromatic heterocycles. The Balaban J connectivity index is 2.30. The van der Waals surface area contributed by atoms with Crippen LogP contribution in [0.3, 0.4) is 0 Å². The zero-order valence-electron chi connectivity index (χ0n) is 12.1. The normalized spacial score (nSPS) is 24.2. The van der Waals surface area contributed by atoms with Crippen LogP contribution in [0.15, 0.2) is 12.1 Å². The van der Waals surface area contributed by atoms with Gasteiger partial charge in [-0.25, -0.2) is 0 Å². The van der Waals surface area contributed by atoms with Crippen LogP contribution in [-0.4, -0.2) is 32.3 Å². The average Bonchev–Trinajstić information content (AvgIpc) is 2.31. The molecule has 1 heterocycles. The molecule has 1 fully saturated rings. The van der Waals surface area contributed by atoms with Crippen molar-refractivity contribution in [3.63, 3.8) is 0 Å². The van der Waals surface area contributed by atoms with Gasteiger partial charge in [0, 0.05) is 31.5 Å². The number of rotatable bonds is 2. The molecule has 18 heavy (non-hydrogen) atoms. The summed E-state index contributed by atoms with van der Waals surface area (Å²) in [7, 11) is 1.97. The number of nitrogens with one attached hydrogen (secondary N) is 1. The number of morpholine rings is 1. The molecule has 1 aromatic carbocycles. The maximum Gasteiger partial charge on any atom is 0.0726 e. The largest absolute Gasteiger partial charge is 0.388 e. The zero-order valence-corrected chi connectivity index (χ0v) is 12.1. The first kappa shape index (κ1) is 13.2. The van der Waals surface area contributed by atoms with Gasteiger partial charge < -0.3 is 15.0 Å². The van der Waals surface area contributed by atoms with E-state index in [4.69, 9.17) is 4.74 Å². The molecule has 2 rings (SSSR count). The number of anilines is 2. The van der Waals surface area contributed by atoms with Gasteiger partial charge in [-0.1, -0.05) is 0 Å². The van der Waals surface area contributed by atoms with Crippen molar-refractivity contribution in [2.75, 3.05) is 30.4 Å². The summed E-state index contributed by atoms with van der Waals surface area (Å²) in [6, 6.07) is 4.39. The smallest absolute Gasteiger partial charge is 0.0726 e. The Morgan fingerprint density at radius 1 is 1.11 bits per heavy atom. The number of ether oxygens (including phenoxy) is 1. The van der Waals surface area contributed by atoms with E-state index in [-0.39, 0.29) is 0 Å². The van der Waals surface area contributed by atoms with Gasteiger partial charge in [-0.2, -0.15) is 0 Å². The lowest BCUT2D eigenvalue weighted by Gasteiger charge is -2.38. The predicted octanol–water partition coefficient (Wildman–Crippen LogP) is 2.96. The topological polar surface area (TPSA) is 24.5 Å². The molecule has 0 amide bonds. The minimum Gasteiger partial charge on any atom is -0.388 e. The van der Waals surface area contributed by atoms with Gasteiger partial charge in [-0.15, -0.1) is 0 Å². The lowest BCUT2D eigenvalue weighted by molar-refractivity contribution is -0.00524. The minimum atomic E-state index is 0.303. The summed E-state index contributed by atoms with van der Waals surface area (Å²) >= 11 is 0. The third kappa shape index (κ3) is 2.46. The second kappa shape index (κ2) is 5.19. The van der Waals surface area contributed by atoms with E-state index in [1.165, 1.54) is 22.5 Å². The van der Waals surface area contributed by atoms with Gasteiger partial charge in [0.1, 0.15) is 0 Å². The highest BCUT2D eigenvalue weighted by molar-refractivity contribution is 5.65. The summed E-state index contributed by atoms with van der Waals surface area (Å²) in [5.41, 5.74) is 5.25. The van der Waals surface area contributed by atoms with Crippen molar-refractivity contribution in [3.05, 3.63) is 23.3 Å². The summed E-state index contributed by atoms with van der Waals surface area (Å²) in [5, 5.41) is 3.24. The second-order valence-corrected chi connectivity index (χ2v) is 5.29. The summed E-state index contributed by atoms with van der Waals surface area (Å²) in [6.07, 6.45) is 0.606. The molecule has 1 aliphatic rings. The molecular weight excluding hydrogens is 224 g/mol. The summed E-state index contributed by atoms with van der Waals surface area (Å²) in [4.78, 5) is 2.45. The number of nitrogens with zero attached hydrogens (tertiary/aromatic N) is 1. The van der Waals surface area contributed by atoms with E-state index in [9.17, 15) is 0 Å². The SMILES string of the molecule is CNc1ccc(N2CC(C)O[C@H](C)C2)c(C)c1C. The molecule has 2 atom stereocenters. The molecule has 100 valence electrons. The molecule has 1 aromatic rings. The van der Waals surface area contributed by atoms with E-state index < -0.39 is 0 Å². The van der Waals surface area contributed by atoms with E-state index in [1.807, 2.05) is 7.05 Å². The van der Waals surface area contributed by atoms with E-state index in [0.29, 0.717) is 12.2 Å². The number of hydrogen-bond donors (Lipinski definition) is 1. The van der Waals surface area contributed by atoms with Crippen LogP contribution in [0.5, 0.6) is 0 Å². The van der Waals surface area contributed by atoms with Crippen molar-refractivity contribution in [3.8, 4) is 0 Å². The summed E-state index contributed by atoms with van der Waals surface area (Å²) < 4.78 is 5.80. The van der Waals surface area contributed by atoms with Crippen LogP contribution < -0.4 is 10.2 Å². The van der Waals surface area contributed by atoms with Crippen molar-refractivity contribution >= 4 is 11.4 Å². The highest BCUT2D eigenvalue weighted by atomic mass is 16.5. The van der Waals surface area contributed by atoms with Gasteiger partial charge in [0.15, 0.2) is 0 Å². The van der Waals surface area contributed by atoms with Crippen LogP contribution >= 0.6 is 0 Å². The molecule has 0 radical (unpaired) electrons. The standard InChI is InChI=1S/C15H24N2O/c1-10-8-17(9-11(2)18-10)15-7-6-14(16-5)12(3)13(15)4/h6-7,10-11,16H,8-9H2,1-5H3/t10-,11?/m1/s1. The molecule has 1 aliphatic heterocycles. The third-order valence-corrected chi connectivity index (χ3v) is 3.79. The van der Waals surface area contributed by atoms with Crippen molar-refractivity contribution in [1.29, 1.82) is 0 Å². The Hall–Kier alpha value is -1.22. The van der Waals surface area contributed by atoms with Crippen LogP contribution in [-0.2, 0) is 4.74 Å². The zero-order chi connectivity index (χ0) is 13.3. The highest BCUT2D eigenvalue weighted by Gasteiger charge is 2.23. The fraction of sp³-hybridized carbons (Fsp3) is 0.600. The van der Waals surface area contributed by atoms with Crippen molar-refractivity contribution in [1.82, 2.24) is 0 Å². The molecule has 3 nitrogen and oxygen atoms in total. The lowest BCUT2D eigenvalue weighted by atomic mass is 10.0. The number of hydrogen-bond acceptors (Lipinski definition) is 3. The van der Waals surface area contributed by atoms with Gasteiger partial charge >= 0.3 is 0 Å². The van der Waals surface area contributed by atoms with Crippen molar-refractivity contribution in [2.45, 2.75) is 39.9 Å². The maximum atomic E-state index is 5.80. The molecular formula is C15H24N2O. The van der Waals surface area contributed by atoms with E-state index in [0.717, 1.165) is 13.1 Å². The molecule has 1 saturated heterocycles. The summed E-state index contributed by atoms with van der Waals surface area (Å²) in [5.74, 6) is 0. The fourth-order valence-corrected chi connectivity index (χ4v) is 2.79. The molecule has 0 aliphatic carbocycles. The molecule has 0 saturated carbocycles. The monoisotopic (exact) mass is 248 g/mol. The van der Waals surface area contributed by atoms with Gasteiger partial charge in [-0.3, -0.25) is 0 Å². The minimum absolute atomic E-state index is 0.303. The Labute approximate surface area is 110 Å². The highest BCUT2D eigenvalue weighted by Crippen LogP contribution is 2.30. The molecule has 0 spiro atoms. The first-order chi connectivity index (χ1) is 8.52. The molecule has 1 N–H and O–H groups in total. The quantitative estimate of drug-likeness (QED) is 0.871. The van der Waals surface area contributed by atoms with Crippen LogP contribution in [0, 0.1) is 13.8 Å². The number of benzene rings is 1. The Morgan fingerprint density at radius 3 is 2.28 bits per heavy atom. The third-order valence-electron chi connectivity index (χ3n) is 3.79. The van der Waals surface area contributed by atoms with Crippen molar-refractivity contribution in [2.24, 2.45) is 0 Å². The van der Waals surface area contributed by atoms with Gasteiger partial charge in [0.25, 0.3) is 0 Å². The first-order valence-corrected chi connectivity index (χ1v) is 6.71. The average molecular weight is 248 g/mol.